The van der Waals surface area contributed by atoms with E-state index >= 15 is 0 Å². The third-order valence-electron chi connectivity index (χ3n) is 4.99. The van der Waals surface area contributed by atoms with Crippen LogP contribution >= 0.6 is 0 Å². The minimum absolute atomic E-state index is 0.284. The molecule has 0 bridgehead atoms. The Bertz CT molecular complexity index is 902. The standard InChI is InChI=1S/C26H31NO4/c1-29-25-14-13-23(15-26(25)30-2)17-27(16-21-9-5-3-6-10-21)18-24(28)20-31-19-22-11-7-4-8-12-22/h3-15,24,28H,16-20H2,1-2H3/t24-/m1/s1. The fourth-order valence-electron chi connectivity index (χ4n) is 3.50. The van der Waals surface area contributed by atoms with Crippen LogP contribution in [0.2, 0.25) is 0 Å². The van der Waals surface area contributed by atoms with Crippen LogP contribution in [0, 0.1) is 0 Å². The van der Waals surface area contributed by atoms with E-state index in [-0.39, 0.29) is 6.61 Å². The molecule has 3 aromatic carbocycles. The SMILES string of the molecule is COc1ccc(CN(Cc2ccccc2)C[C@@H](O)COCc2ccccc2)cc1OC. The van der Waals surface area contributed by atoms with Crippen molar-refractivity contribution in [2.75, 3.05) is 27.4 Å². The van der Waals surface area contributed by atoms with Gasteiger partial charge in [0.25, 0.3) is 0 Å². The first-order chi connectivity index (χ1) is 15.2. The summed E-state index contributed by atoms with van der Waals surface area (Å²) < 4.78 is 16.5. The first kappa shape index (κ1) is 22.8. The first-order valence-corrected chi connectivity index (χ1v) is 10.4. The van der Waals surface area contributed by atoms with Gasteiger partial charge >= 0.3 is 0 Å². The Hall–Kier alpha value is -2.86. The maximum absolute atomic E-state index is 10.6. The Kier molecular flexibility index (Phi) is 8.91. The number of methoxy groups -OCH3 is 2. The van der Waals surface area contributed by atoms with Gasteiger partial charge in [-0.15, -0.1) is 0 Å². The van der Waals surface area contributed by atoms with Gasteiger partial charge in [-0.25, -0.2) is 0 Å². The van der Waals surface area contributed by atoms with Crippen molar-refractivity contribution in [3.63, 3.8) is 0 Å². The lowest BCUT2D eigenvalue weighted by atomic mass is 10.1. The highest BCUT2D eigenvalue weighted by Crippen LogP contribution is 2.28. The lowest BCUT2D eigenvalue weighted by molar-refractivity contribution is 0.00712. The third-order valence-corrected chi connectivity index (χ3v) is 4.99. The Balaban J connectivity index is 1.63. The van der Waals surface area contributed by atoms with Crippen LogP contribution in [0.1, 0.15) is 16.7 Å². The number of aliphatic hydroxyl groups is 1. The molecule has 0 radical (unpaired) electrons. The second-order valence-corrected chi connectivity index (χ2v) is 7.50. The predicted octanol–water partition coefficient (Wildman–Crippen LogP) is 4.28. The molecule has 0 aliphatic rings. The number of aliphatic hydroxyl groups excluding tert-OH is 1. The first-order valence-electron chi connectivity index (χ1n) is 10.4. The molecule has 1 atom stereocenters. The van der Waals surface area contributed by atoms with Crippen LogP contribution in [0.15, 0.2) is 78.9 Å². The summed E-state index contributed by atoms with van der Waals surface area (Å²) in [5.41, 5.74) is 3.38. The van der Waals surface area contributed by atoms with Gasteiger partial charge in [0.1, 0.15) is 0 Å². The van der Waals surface area contributed by atoms with Crippen LogP contribution in [0.25, 0.3) is 0 Å². The monoisotopic (exact) mass is 421 g/mol. The van der Waals surface area contributed by atoms with E-state index in [1.165, 1.54) is 5.56 Å². The number of nitrogens with zero attached hydrogens (tertiary/aromatic N) is 1. The molecule has 0 saturated carbocycles. The summed E-state index contributed by atoms with van der Waals surface area (Å²) in [6.07, 6.45) is -0.590. The van der Waals surface area contributed by atoms with E-state index in [0.717, 1.165) is 17.7 Å². The van der Waals surface area contributed by atoms with Gasteiger partial charge in [-0.2, -0.15) is 0 Å². The van der Waals surface area contributed by atoms with E-state index in [4.69, 9.17) is 14.2 Å². The van der Waals surface area contributed by atoms with Crippen molar-refractivity contribution >= 4 is 0 Å². The molecule has 3 aromatic rings. The van der Waals surface area contributed by atoms with Crippen molar-refractivity contribution in [3.05, 3.63) is 95.6 Å². The quantitative estimate of drug-likeness (QED) is 0.473. The van der Waals surface area contributed by atoms with Crippen molar-refractivity contribution in [1.82, 2.24) is 4.90 Å². The molecular weight excluding hydrogens is 390 g/mol. The fraction of sp³-hybridized carbons (Fsp3) is 0.308. The van der Waals surface area contributed by atoms with Gasteiger partial charge in [0, 0.05) is 19.6 Å². The molecule has 0 unspecified atom stereocenters. The van der Waals surface area contributed by atoms with Crippen LogP contribution in [0.3, 0.4) is 0 Å². The Morgan fingerprint density at radius 1 is 0.742 bits per heavy atom. The normalized spacial score (nSPS) is 12.0. The van der Waals surface area contributed by atoms with Gasteiger partial charge in [-0.1, -0.05) is 66.7 Å². The summed E-state index contributed by atoms with van der Waals surface area (Å²) in [5.74, 6) is 1.40. The zero-order valence-corrected chi connectivity index (χ0v) is 18.2. The van der Waals surface area contributed by atoms with Crippen LogP contribution in [0.4, 0.5) is 0 Å². The van der Waals surface area contributed by atoms with Gasteiger partial charge in [-0.05, 0) is 28.8 Å². The van der Waals surface area contributed by atoms with E-state index in [2.05, 4.69) is 17.0 Å². The number of ether oxygens (including phenoxy) is 3. The molecule has 5 heteroatoms. The minimum Gasteiger partial charge on any atom is -0.493 e. The largest absolute Gasteiger partial charge is 0.493 e. The average molecular weight is 422 g/mol. The summed E-state index contributed by atoms with van der Waals surface area (Å²) in [7, 11) is 3.27. The van der Waals surface area contributed by atoms with Gasteiger partial charge < -0.3 is 19.3 Å². The number of hydrogen-bond donors (Lipinski definition) is 1. The summed E-state index contributed by atoms with van der Waals surface area (Å²) in [4.78, 5) is 2.22. The van der Waals surface area contributed by atoms with E-state index in [1.807, 2.05) is 66.7 Å². The molecule has 164 valence electrons. The minimum atomic E-state index is -0.590. The van der Waals surface area contributed by atoms with Gasteiger partial charge in [0.15, 0.2) is 11.5 Å². The van der Waals surface area contributed by atoms with Crippen molar-refractivity contribution in [2.45, 2.75) is 25.8 Å². The van der Waals surface area contributed by atoms with E-state index in [9.17, 15) is 5.11 Å². The van der Waals surface area contributed by atoms with Crippen LogP contribution in [0.5, 0.6) is 11.5 Å². The zero-order valence-electron chi connectivity index (χ0n) is 18.2. The molecule has 31 heavy (non-hydrogen) atoms. The third kappa shape index (κ3) is 7.40. The molecule has 5 nitrogen and oxygen atoms in total. The van der Waals surface area contributed by atoms with Crippen LogP contribution in [-0.4, -0.2) is 43.5 Å². The highest BCUT2D eigenvalue weighted by Gasteiger charge is 2.15. The summed E-state index contributed by atoms with van der Waals surface area (Å²) in [6, 6.07) is 26.2. The molecule has 0 amide bonds. The van der Waals surface area contributed by atoms with E-state index in [1.54, 1.807) is 14.2 Å². The molecule has 0 aliphatic heterocycles. The fourth-order valence-corrected chi connectivity index (χ4v) is 3.50. The van der Waals surface area contributed by atoms with Crippen molar-refractivity contribution in [3.8, 4) is 11.5 Å². The van der Waals surface area contributed by atoms with Crippen LogP contribution < -0.4 is 9.47 Å². The smallest absolute Gasteiger partial charge is 0.161 e. The molecule has 3 rings (SSSR count). The molecule has 1 N–H and O–H groups in total. The van der Waals surface area contributed by atoms with Gasteiger partial charge in [0.05, 0.1) is 33.5 Å². The summed E-state index contributed by atoms with van der Waals surface area (Å²) in [5, 5.41) is 10.6. The Morgan fingerprint density at radius 3 is 2.00 bits per heavy atom. The second kappa shape index (κ2) is 12.1. The second-order valence-electron chi connectivity index (χ2n) is 7.50. The molecule has 0 aliphatic carbocycles. The Labute approximate surface area is 184 Å². The maximum atomic E-state index is 10.6. The molecule has 0 heterocycles. The zero-order chi connectivity index (χ0) is 21.9. The molecule has 0 fully saturated rings. The predicted molar refractivity (Wildman–Crippen MR) is 122 cm³/mol. The van der Waals surface area contributed by atoms with Crippen molar-refractivity contribution < 1.29 is 19.3 Å². The number of hydrogen-bond acceptors (Lipinski definition) is 5. The average Bonchev–Trinajstić information content (AvgIpc) is 2.80. The molecule has 0 spiro atoms. The summed E-state index contributed by atoms with van der Waals surface area (Å²) in [6.45, 7) is 2.67. The van der Waals surface area contributed by atoms with E-state index < -0.39 is 6.10 Å². The highest BCUT2D eigenvalue weighted by molar-refractivity contribution is 5.42. The lowest BCUT2D eigenvalue weighted by Gasteiger charge is -2.25. The Morgan fingerprint density at radius 2 is 1.35 bits per heavy atom. The topological polar surface area (TPSA) is 51.2 Å². The van der Waals surface area contributed by atoms with Crippen molar-refractivity contribution in [2.24, 2.45) is 0 Å². The van der Waals surface area contributed by atoms with Gasteiger partial charge in [0.2, 0.25) is 0 Å². The number of rotatable bonds is 12. The van der Waals surface area contributed by atoms with E-state index in [0.29, 0.717) is 31.2 Å². The van der Waals surface area contributed by atoms with Crippen molar-refractivity contribution in [1.29, 1.82) is 0 Å². The maximum Gasteiger partial charge on any atom is 0.161 e. The lowest BCUT2D eigenvalue weighted by Crippen LogP contribution is -2.34. The number of benzene rings is 3. The molecular formula is C26H31NO4. The molecule has 0 aromatic heterocycles. The van der Waals surface area contributed by atoms with Gasteiger partial charge in [-0.3, -0.25) is 4.90 Å². The molecule has 0 saturated heterocycles. The highest BCUT2D eigenvalue weighted by atomic mass is 16.5. The summed E-state index contributed by atoms with van der Waals surface area (Å²) >= 11 is 0. The van der Waals surface area contributed by atoms with Crippen LogP contribution in [-0.2, 0) is 24.4 Å².